The van der Waals surface area contributed by atoms with Crippen LogP contribution in [0.5, 0.6) is 5.75 Å². The third-order valence-corrected chi connectivity index (χ3v) is 11.4. The van der Waals surface area contributed by atoms with Crippen LogP contribution < -0.4 is 26.0 Å². The molecule has 0 atom stereocenters. The molecule has 4 N–H and O–H groups in total. The Morgan fingerprint density at radius 1 is 0.604 bits per heavy atom. The van der Waals surface area contributed by atoms with Crippen LogP contribution >= 0.6 is 11.6 Å². The highest BCUT2D eigenvalue weighted by atomic mass is 35.5. The Kier molecular flexibility index (Phi) is 9.35. The molecule has 0 saturated heterocycles. The van der Waals surface area contributed by atoms with Crippen molar-refractivity contribution in [2.75, 3.05) is 28.4 Å². The molecule has 9 nitrogen and oxygen atoms in total. The Balaban J connectivity index is 1.13. The van der Waals surface area contributed by atoms with E-state index in [1.165, 1.54) is 0 Å². The predicted octanol–water partition coefficient (Wildman–Crippen LogP) is 10.6. The molecule has 2 aliphatic carbocycles. The second-order valence-corrected chi connectivity index (χ2v) is 14.6. The Bertz CT molecular complexity index is 2300. The number of carbonyl (C=O) groups is 2. The van der Waals surface area contributed by atoms with Gasteiger partial charge in [0.2, 0.25) is 11.8 Å². The summed E-state index contributed by atoms with van der Waals surface area (Å²) in [6.45, 7) is 0. The number of benzene rings is 4. The standard InChI is InChI=1S/C43H41ClN6O3/c1-53-31-20-18-30(19-21-31)46-39-27-37(33-11-3-5-13-35(33)48-39)50-41(52)43(24-8-9-25-43)42(22-6-7-23-42)40(51)49-36-26-38(45-29-16-14-28(44)15-17-29)47-34-12-4-2-10-32(34)36/h2-5,10-21,26-27H,6-9,22-25H2,1H3,(H2,45,47,49,51)(H2,46,48,50,52). The van der Waals surface area contributed by atoms with E-state index in [2.05, 4.69) is 21.3 Å². The normalized spacial score (nSPS) is 16.0. The number of para-hydroxylation sites is 2. The maximum Gasteiger partial charge on any atom is 0.231 e. The first kappa shape index (κ1) is 34.4. The summed E-state index contributed by atoms with van der Waals surface area (Å²) in [7, 11) is 1.64. The number of fused-ring (bicyclic) bond motifs is 2. The summed E-state index contributed by atoms with van der Waals surface area (Å²) < 4.78 is 5.32. The molecule has 4 aromatic carbocycles. The largest absolute Gasteiger partial charge is 0.497 e. The van der Waals surface area contributed by atoms with Gasteiger partial charge in [0, 0.05) is 39.3 Å². The second kappa shape index (κ2) is 14.4. The molecule has 2 saturated carbocycles. The fourth-order valence-corrected chi connectivity index (χ4v) is 8.60. The smallest absolute Gasteiger partial charge is 0.231 e. The third kappa shape index (κ3) is 6.61. The van der Waals surface area contributed by atoms with Crippen LogP contribution in [0.3, 0.4) is 0 Å². The zero-order valence-electron chi connectivity index (χ0n) is 29.5. The molecule has 0 spiro atoms. The Morgan fingerprint density at radius 2 is 1.02 bits per heavy atom. The van der Waals surface area contributed by atoms with Crippen LogP contribution in [0, 0.1) is 10.8 Å². The molecule has 0 radical (unpaired) electrons. The highest BCUT2D eigenvalue weighted by molar-refractivity contribution is 6.30. The monoisotopic (exact) mass is 724 g/mol. The molecule has 53 heavy (non-hydrogen) atoms. The van der Waals surface area contributed by atoms with Crippen LogP contribution in [-0.2, 0) is 9.59 Å². The molecule has 0 unspecified atom stereocenters. The maximum absolute atomic E-state index is 15.0. The number of pyridine rings is 2. The highest BCUT2D eigenvalue weighted by Crippen LogP contribution is 2.60. The van der Waals surface area contributed by atoms with E-state index in [0.717, 1.165) is 64.6 Å². The van der Waals surface area contributed by atoms with Gasteiger partial charge in [-0.1, -0.05) is 73.7 Å². The van der Waals surface area contributed by atoms with Crippen LogP contribution in [0.2, 0.25) is 5.02 Å². The summed E-state index contributed by atoms with van der Waals surface area (Å²) in [6.07, 6.45) is 6.13. The SMILES string of the molecule is COc1ccc(Nc2cc(NC(=O)C3(C4(C(=O)Nc5cc(Nc6ccc(Cl)cc6)nc6ccccc56)CCCC4)CCCC3)c3ccccc3n2)cc1. The van der Waals surface area contributed by atoms with Crippen molar-refractivity contribution < 1.29 is 14.3 Å². The molecule has 8 rings (SSSR count). The first-order valence-electron chi connectivity index (χ1n) is 18.2. The molecular formula is C43H41ClN6O3. The Labute approximate surface area is 313 Å². The van der Waals surface area contributed by atoms with E-state index in [9.17, 15) is 9.59 Å². The van der Waals surface area contributed by atoms with Crippen molar-refractivity contribution >= 4 is 79.6 Å². The zero-order valence-corrected chi connectivity index (χ0v) is 30.3. The van der Waals surface area contributed by atoms with Crippen molar-refractivity contribution in [3.8, 4) is 5.75 Å². The predicted molar refractivity (Wildman–Crippen MR) is 214 cm³/mol. The summed E-state index contributed by atoms with van der Waals surface area (Å²) in [5, 5.41) is 15.8. The second-order valence-electron chi connectivity index (χ2n) is 14.1. The summed E-state index contributed by atoms with van der Waals surface area (Å²) in [5.41, 5.74) is 2.73. The minimum atomic E-state index is -0.880. The molecule has 10 heteroatoms. The fourth-order valence-electron chi connectivity index (χ4n) is 8.48. The number of hydrogen-bond donors (Lipinski definition) is 4. The minimum absolute atomic E-state index is 0.108. The van der Waals surface area contributed by atoms with Crippen molar-refractivity contribution in [3.63, 3.8) is 0 Å². The molecule has 2 aromatic heterocycles. The van der Waals surface area contributed by atoms with Gasteiger partial charge in [0.25, 0.3) is 0 Å². The van der Waals surface area contributed by atoms with Crippen molar-refractivity contribution in [2.24, 2.45) is 10.8 Å². The van der Waals surface area contributed by atoms with Crippen molar-refractivity contribution in [2.45, 2.75) is 51.4 Å². The molecule has 2 amide bonds. The lowest BCUT2D eigenvalue weighted by Gasteiger charge is -2.44. The number of aromatic nitrogens is 2. The van der Waals surface area contributed by atoms with Gasteiger partial charge >= 0.3 is 0 Å². The number of halogens is 1. The van der Waals surface area contributed by atoms with Crippen LogP contribution in [-0.4, -0.2) is 28.9 Å². The quantitative estimate of drug-likeness (QED) is 0.111. The van der Waals surface area contributed by atoms with Crippen LogP contribution in [0.25, 0.3) is 21.8 Å². The van der Waals surface area contributed by atoms with E-state index in [1.54, 1.807) is 7.11 Å². The summed E-state index contributed by atoms with van der Waals surface area (Å²) >= 11 is 6.13. The molecular weight excluding hydrogens is 684 g/mol. The number of nitrogens with one attached hydrogen (secondary N) is 4. The summed E-state index contributed by atoms with van der Waals surface area (Å²) in [6, 6.07) is 34.4. The zero-order chi connectivity index (χ0) is 36.4. The van der Waals surface area contributed by atoms with E-state index >= 15 is 0 Å². The lowest BCUT2D eigenvalue weighted by molar-refractivity contribution is -0.145. The Hall–Kier alpha value is -5.67. The number of ether oxygens (including phenoxy) is 1. The number of methoxy groups -OCH3 is 1. The minimum Gasteiger partial charge on any atom is -0.497 e. The molecule has 6 aromatic rings. The van der Waals surface area contributed by atoms with Gasteiger partial charge in [-0.3, -0.25) is 9.59 Å². The lowest BCUT2D eigenvalue weighted by atomic mass is 9.59. The van der Waals surface area contributed by atoms with E-state index in [-0.39, 0.29) is 11.8 Å². The maximum atomic E-state index is 15.0. The van der Waals surface area contributed by atoms with E-state index in [1.807, 2.05) is 109 Å². The molecule has 268 valence electrons. The molecule has 2 heterocycles. The van der Waals surface area contributed by atoms with Gasteiger partial charge in [-0.2, -0.15) is 0 Å². The number of nitrogens with zero attached hydrogens (tertiary/aromatic N) is 2. The van der Waals surface area contributed by atoms with Gasteiger partial charge < -0.3 is 26.0 Å². The highest BCUT2D eigenvalue weighted by Gasteiger charge is 2.62. The fraction of sp³-hybridized carbons (Fsp3) is 0.256. The lowest BCUT2D eigenvalue weighted by Crippen LogP contribution is -2.53. The number of anilines is 6. The van der Waals surface area contributed by atoms with E-state index < -0.39 is 10.8 Å². The van der Waals surface area contributed by atoms with E-state index in [4.69, 9.17) is 26.3 Å². The van der Waals surface area contributed by atoms with Crippen molar-refractivity contribution in [1.29, 1.82) is 0 Å². The van der Waals surface area contributed by atoms with Crippen molar-refractivity contribution in [3.05, 3.63) is 114 Å². The first-order valence-corrected chi connectivity index (χ1v) is 18.6. The first-order chi connectivity index (χ1) is 25.9. The summed E-state index contributed by atoms with van der Waals surface area (Å²) in [4.78, 5) is 39.6. The van der Waals surface area contributed by atoms with Gasteiger partial charge in [-0.05, 0) is 86.3 Å². The van der Waals surface area contributed by atoms with Crippen molar-refractivity contribution in [1.82, 2.24) is 9.97 Å². The molecule has 2 aliphatic rings. The number of amides is 2. The molecule has 0 aliphatic heterocycles. The Morgan fingerprint density at radius 3 is 1.45 bits per heavy atom. The van der Waals surface area contributed by atoms with Gasteiger partial charge in [0.15, 0.2) is 0 Å². The molecule has 0 bridgehead atoms. The number of hydrogen-bond acceptors (Lipinski definition) is 7. The van der Waals surface area contributed by atoms with Crippen LogP contribution in [0.15, 0.2) is 109 Å². The van der Waals surface area contributed by atoms with Gasteiger partial charge in [-0.15, -0.1) is 0 Å². The van der Waals surface area contributed by atoms with E-state index in [0.29, 0.717) is 53.7 Å². The molecule has 2 fully saturated rings. The number of rotatable bonds is 10. The summed E-state index contributed by atoms with van der Waals surface area (Å²) in [5.74, 6) is 1.74. The third-order valence-electron chi connectivity index (χ3n) is 11.1. The van der Waals surface area contributed by atoms with Gasteiger partial charge in [0.1, 0.15) is 17.4 Å². The van der Waals surface area contributed by atoms with Gasteiger partial charge in [-0.25, -0.2) is 9.97 Å². The topological polar surface area (TPSA) is 117 Å². The van der Waals surface area contributed by atoms with Crippen LogP contribution in [0.1, 0.15) is 51.4 Å². The van der Waals surface area contributed by atoms with Gasteiger partial charge in [0.05, 0.1) is 40.3 Å². The average Bonchev–Trinajstić information content (AvgIpc) is 3.89. The average molecular weight is 725 g/mol. The number of carbonyl (C=O) groups excluding carboxylic acids is 2. The van der Waals surface area contributed by atoms with Crippen LogP contribution in [0.4, 0.5) is 34.4 Å².